The number of rotatable bonds is 1. The predicted octanol–water partition coefficient (Wildman–Crippen LogP) is 0.988. The Morgan fingerprint density at radius 1 is 1.80 bits per heavy atom. The molecule has 3 heteroatoms. The number of nitrogens with one attached hydrogen (secondary N) is 1. The molecular formula is C2H6ClNS. The van der Waals surface area contributed by atoms with Gasteiger partial charge in [0, 0.05) is 12.0 Å². The fourth-order valence-electron chi connectivity index (χ4n) is 0. The van der Waals surface area contributed by atoms with Gasteiger partial charge in [0.25, 0.3) is 0 Å². The quantitative estimate of drug-likeness (QED) is 0.373. The summed E-state index contributed by atoms with van der Waals surface area (Å²) in [5.41, 5.74) is 0. The summed E-state index contributed by atoms with van der Waals surface area (Å²) < 4.78 is 0. The smallest absolute Gasteiger partial charge is 0.0251 e. The summed E-state index contributed by atoms with van der Waals surface area (Å²) in [5, 5.41) is 6.25. The van der Waals surface area contributed by atoms with Gasteiger partial charge in [-0.2, -0.15) is 12.6 Å². The highest BCUT2D eigenvalue weighted by Gasteiger charge is 1.47. The zero-order chi connectivity index (χ0) is 3.41. The molecule has 0 atom stereocenters. The van der Waals surface area contributed by atoms with Crippen LogP contribution in [0.4, 0.5) is 0 Å². The fraction of sp³-hybridized carbons (Fsp3) is 0.500. The molecular weight excluding hydrogens is 106 g/mol. The van der Waals surface area contributed by atoms with Crippen LogP contribution in [-0.4, -0.2) is 12.0 Å². The summed E-state index contributed by atoms with van der Waals surface area (Å²) in [6, 6.07) is 0. The van der Waals surface area contributed by atoms with E-state index >= 15 is 0 Å². The third-order valence-corrected chi connectivity index (χ3v) is 0.274. The molecule has 0 aromatic carbocycles. The van der Waals surface area contributed by atoms with Crippen LogP contribution in [-0.2, 0) is 0 Å². The first-order chi connectivity index (χ1) is 1.91. The van der Waals surface area contributed by atoms with E-state index in [0.717, 1.165) is 0 Å². The second kappa shape index (κ2) is 8.85. The number of hydrogen-bond acceptors (Lipinski definition) is 2. The molecule has 0 saturated carbocycles. The number of halogens is 1. The Morgan fingerprint density at radius 2 is 2.00 bits per heavy atom. The van der Waals surface area contributed by atoms with E-state index in [1.165, 1.54) is 6.21 Å². The molecule has 0 rings (SSSR count). The molecule has 1 N–H and O–H groups in total. The van der Waals surface area contributed by atoms with Crippen molar-refractivity contribution in [3.8, 4) is 0 Å². The van der Waals surface area contributed by atoms with E-state index in [-0.39, 0.29) is 12.4 Å². The van der Waals surface area contributed by atoms with Gasteiger partial charge in [0.15, 0.2) is 0 Å². The molecule has 0 aromatic rings. The van der Waals surface area contributed by atoms with Gasteiger partial charge in [-0.25, -0.2) is 0 Å². The molecule has 0 aliphatic rings. The Kier molecular flexibility index (Phi) is 15.9. The van der Waals surface area contributed by atoms with E-state index in [2.05, 4.69) is 12.6 Å². The monoisotopic (exact) mass is 111 g/mol. The maximum atomic E-state index is 6.25. The largest absolute Gasteiger partial charge is 0.312 e. The molecule has 32 valence electrons. The van der Waals surface area contributed by atoms with E-state index in [0.29, 0.717) is 5.75 Å². The zero-order valence-electron chi connectivity index (χ0n) is 2.64. The van der Waals surface area contributed by atoms with Crippen LogP contribution in [0.1, 0.15) is 0 Å². The zero-order valence-corrected chi connectivity index (χ0v) is 4.35. The highest BCUT2D eigenvalue weighted by Crippen LogP contribution is 1.56. The van der Waals surface area contributed by atoms with Crippen molar-refractivity contribution >= 4 is 31.3 Å². The minimum absolute atomic E-state index is 0. The molecule has 1 nitrogen and oxygen atoms in total. The minimum atomic E-state index is 0. The van der Waals surface area contributed by atoms with Crippen LogP contribution in [0.15, 0.2) is 0 Å². The van der Waals surface area contributed by atoms with Crippen LogP contribution < -0.4 is 0 Å². The molecule has 0 aliphatic heterocycles. The highest BCUT2D eigenvalue weighted by molar-refractivity contribution is 7.80. The predicted molar refractivity (Wildman–Crippen MR) is 29.9 cm³/mol. The van der Waals surface area contributed by atoms with Crippen LogP contribution in [0.3, 0.4) is 0 Å². The fourth-order valence-corrected chi connectivity index (χ4v) is 0. The molecule has 0 spiro atoms. The number of thiol groups is 1. The van der Waals surface area contributed by atoms with Gasteiger partial charge in [0.1, 0.15) is 0 Å². The lowest BCUT2D eigenvalue weighted by atomic mass is 10.9. The van der Waals surface area contributed by atoms with Gasteiger partial charge >= 0.3 is 0 Å². The molecule has 0 heterocycles. The van der Waals surface area contributed by atoms with Gasteiger partial charge in [-0.3, -0.25) is 0 Å². The molecule has 0 saturated heterocycles. The Bertz CT molecular complexity index is 23.6. The Hall–Kier alpha value is 0.310. The third-order valence-electron chi connectivity index (χ3n) is 0.0913. The second-order valence-corrected chi connectivity index (χ2v) is 0.752. The summed E-state index contributed by atoms with van der Waals surface area (Å²) in [4.78, 5) is 0. The Labute approximate surface area is 43.1 Å². The van der Waals surface area contributed by atoms with E-state index in [9.17, 15) is 0 Å². The van der Waals surface area contributed by atoms with E-state index in [4.69, 9.17) is 5.41 Å². The molecule has 0 unspecified atom stereocenters. The van der Waals surface area contributed by atoms with Gasteiger partial charge in [0.05, 0.1) is 0 Å². The third kappa shape index (κ3) is 13.4. The molecule has 0 fully saturated rings. The van der Waals surface area contributed by atoms with Crippen LogP contribution >= 0.6 is 25.0 Å². The van der Waals surface area contributed by atoms with E-state index in [1.54, 1.807) is 0 Å². The molecule has 0 aliphatic carbocycles. The van der Waals surface area contributed by atoms with Gasteiger partial charge in [0.2, 0.25) is 0 Å². The maximum Gasteiger partial charge on any atom is 0.0251 e. The van der Waals surface area contributed by atoms with Crippen molar-refractivity contribution in [2.24, 2.45) is 0 Å². The molecule has 0 amide bonds. The van der Waals surface area contributed by atoms with Crippen molar-refractivity contribution in [3.05, 3.63) is 0 Å². The minimum Gasteiger partial charge on any atom is -0.312 e. The van der Waals surface area contributed by atoms with Crippen molar-refractivity contribution < 1.29 is 0 Å². The number of hydrogen-bond donors (Lipinski definition) is 2. The van der Waals surface area contributed by atoms with E-state index in [1.807, 2.05) is 0 Å². The first-order valence-corrected chi connectivity index (χ1v) is 1.65. The standard InChI is InChI=1S/C2H5NS.ClH/c3-1-2-4;/h1,3-4H,2H2;1H. The lowest BCUT2D eigenvalue weighted by Gasteiger charge is -1.56. The van der Waals surface area contributed by atoms with Gasteiger partial charge in [-0.1, -0.05) is 0 Å². The van der Waals surface area contributed by atoms with Crippen LogP contribution in [0, 0.1) is 5.41 Å². The van der Waals surface area contributed by atoms with Crippen LogP contribution in [0.2, 0.25) is 0 Å². The first-order valence-electron chi connectivity index (χ1n) is 1.01. The van der Waals surface area contributed by atoms with Crippen molar-refractivity contribution in [1.29, 1.82) is 5.41 Å². The molecule has 0 aromatic heterocycles. The lowest BCUT2D eigenvalue weighted by molar-refractivity contribution is 1.56. The average Bonchev–Trinajstić information content (AvgIpc) is 1.37. The normalized spacial score (nSPS) is 5.00. The average molecular weight is 112 g/mol. The maximum absolute atomic E-state index is 6.25. The van der Waals surface area contributed by atoms with Crippen molar-refractivity contribution in [3.63, 3.8) is 0 Å². The van der Waals surface area contributed by atoms with Crippen LogP contribution in [0.5, 0.6) is 0 Å². The summed E-state index contributed by atoms with van der Waals surface area (Å²) in [7, 11) is 0. The van der Waals surface area contributed by atoms with Gasteiger partial charge in [-0.15, -0.1) is 12.4 Å². The SMILES string of the molecule is Cl.N=CCS. The molecule has 0 radical (unpaired) electrons. The van der Waals surface area contributed by atoms with Crippen molar-refractivity contribution in [2.75, 3.05) is 5.75 Å². The summed E-state index contributed by atoms with van der Waals surface area (Å²) in [5.74, 6) is 0.556. The Morgan fingerprint density at radius 3 is 2.00 bits per heavy atom. The lowest BCUT2D eigenvalue weighted by Crippen LogP contribution is -1.61. The topological polar surface area (TPSA) is 23.9 Å². The summed E-state index contributed by atoms with van der Waals surface area (Å²) >= 11 is 3.68. The highest BCUT2D eigenvalue weighted by atomic mass is 35.5. The van der Waals surface area contributed by atoms with Gasteiger partial charge in [-0.05, 0) is 0 Å². The Balaban J connectivity index is 0. The van der Waals surface area contributed by atoms with E-state index < -0.39 is 0 Å². The van der Waals surface area contributed by atoms with Crippen molar-refractivity contribution in [2.45, 2.75) is 0 Å². The van der Waals surface area contributed by atoms with Gasteiger partial charge < -0.3 is 5.41 Å². The summed E-state index contributed by atoms with van der Waals surface area (Å²) in [6.45, 7) is 0. The first kappa shape index (κ1) is 9.00. The van der Waals surface area contributed by atoms with Crippen molar-refractivity contribution in [1.82, 2.24) is 0 Å². The van der Waals surface area contributed by atoms with Crippen LogP contribution in [0.25, 0.3) is 0 Å². The molecule has 0 bridgehead atoms. The summed E-state index contributed by atoms with van der Waals surface area (Å²) in [6.07, 6.45) is 1.24. The molecule has 5 heavy (non-hydrogen) atoms. The second-order valence-electron chi connectivity index (χ2n) is 0.387.